The Kier molecular flexibility index (Phi) is 6.58. The molecule has 1 unspecified atom stereocenters. The van der Waals surface area contributed by atoms with Crippen LogP contribution in [-0.4, -0.2) is 34.1 Å². The largest absolute Gasteiger partial charge is 0.328 e. The van der Waals surface area contributed by atoms with Crippen molar-refractivity contribution in [2.75, 3.05) is 18.6 Å². The molecule has 116 valence electrons. The lowest BCUT2D eigenvalue weighted by molar-refractivity contribution is 0.490. The number of aryl methyl sites for hydroxylation is 1. The summed E-state index contributed by atoms with van der Waals surface area (Å²) in [6.45, 7) is 6.49. The minimum atomic E-state index is 0.523. The minimum absolute atomic E-state index is 0.523. The van der Waals surface area contributed by atoms with Gasteiger partial charge in [0.15, 0.2) is 0 Å². The number of nitrogens with zero attached hydrogens (tertiary/aromatic N) is 2. The maximum absolute atomic E-state index is 4.88. The van der Waals surface area contributed by atoms with Gasteiger partial charge < -0.3 is 9.88 Å². The Morgan fingerprint density at radius 1 is 1.29 bits per heavy atom. The zero-order valence-electron chi connectivity index (χ0n) is 13.4. The summed E-state index contributed by atoms with van der Waals surface area (Å²) in [7, 11) is 0. The molecule has 0 aliphatic rings. The molecule has 4 heteroatoms. The lowest BCUT2D eigenvalue weighted by Crippen LogP contribution is -2.32. The van der Waals surface area contributed by atoms with Gasteiger partial charge in [-0.05, 0) is 43.5 Å². The van der Waals surface area contributed by atoms with Crippen LogP contribution in [0.3, 0.4) is 0 Å². The molecule has 0 saturated carbocycles. The summed E-state index contributed by atoms with van der Waals surface area (Å²) in [5.74, 6) is 2.43. The van der Waals surface area contributed by atoms with Crippen molar-refractivity contribution in [2.45, 2.75) is 45.7 Å². The fraction of sp³-hybridized carbons (Fsp3) is 0.588. The maximum Gasteiger partial charge on any atom is 0.111 e. The van der Waals surface area contributed by atoms with Crippen LogP contribution < -0.4 is 5.32 Å². The summed E-state index contributed by atoms with van der Waals surface area (Å²) in [5, 5.41) is 3.61. The molecule has 0 spiro atoms. The molecule has 0 amide bonds. The topological polar surface area (TPSA) is 29.9 Å². The smallest absolute Gasteiger partial charge is 0.111 e. The first-order valence-corrected chi connectivity index (χ1v) is 9.36. The monoisotopic (exact) mass is 305 g/mol. The normalized spacial score (nSPS) is 12.9. The van der Waals surface area contributed by atoms with Crippen molar-refractivity contribution in [1.29, 1.82) is 0 Å². The van der Waals surface area contributed by atoms with Crippen molar-refractivity contribution in [3.8, 4) is 0 Å². The molecule has 0 bridgehead atoms. The van der Waals surface area contributed by atoms with E-state index in [9.17, 15) is 0 Å². The van der Waals surface area contributed by atoms with Crippen LogP contribution in [0, 0.1) is 0 Å². The Labute approximate surface area is 132 Å². The Morgan fingerprint density at radius 2 is 2.10 bits per heavy atom. The highest BCUT2D eigenvalue weighted by Crippen LogP contribution is 2.18. The summed E-state index contributed by atoms with van der Waals surface area (Å²) in [4.78, 5) is 4.88. The summed E-state index contributed by atoms with van der Waals surface area (Å²) in [6.07, 6.45) is 5.53. The zero-order valence-corrected chi connectivity index (χ0v) is 14.2. The first kappa shape index (κ1) is 16.4. The molecule has 1 aromatic carbocycles. The first-order chi connectivity index (χ1) is 10.3. The Bertz CT molecular complexity index is 550. The molecule has 2 aromatic rings. The third-order valence-electron chi connectivity index (χ3n) is 3.77. The minimum Gasteiger partial charge on any atom is -0.328 e. The van der Waals surface area contributed by atoms with Gasteiger partial charge in [-0.2, -0.15) is 11.8 Å². The molecule has 0 saturated heterocycles. The van der Waals surface area contributed by atoms with E-state index in [0.29, 0.717) is 6.04 Å². The van der Waals surface area contributed by atoms with Crippen molar-refractivity contribution < 1.29 is 0 Å². The second kappa shape index (κ2) is 8.44. The van der Waals surface area contributed by atoms with E-state index in [0.717, 1.165) is 31.4 Å². The fourth-order valence-corrected chi connectivity index (χ4v) is 3.32. The van der Waals surface area contributed by atoms with Gasteiger partial charge in [-0.3, -0.25) is 0 Å². The number of imidazole rings is 1. The van der Waals surface area contributed by atoms with Crippen molar-refractivity contribution in [3.05, 3.63) is 30.1 Å². The van der Waals surface area contributed by atoms with Gasteiger partial charge in [-0.15, -0.1) is 0 Å². The van der Waals surface area contributed by atoms with E-state index in [2.05, 4.69) is 54.3 Å². The van der Waals surface area contributed by atoms with E-state index in [1.165, 1.54) is 23.5 Å². The number of benzene rings is 1. The van der Waals surface area contributed by atoms with E-state index in [1.54, 1.807) is 0 Å². The molecule has 21 heavy (non-hydrogen) atoms. The van der Waals surface area contributed by atoms with Gasteiger partial charge in [0.25, 0.3) is 0 Å². The molecular formula is C17H27N3S. The molecule has 1 N–H and O–H groups in total. The number of fused-ring (bicyclic) bond motifs is 1. The second-order valence-corrected chi connectivity index (χ2v) is 6.39. The van der Waals surface area contributed by atoms with Crippen molar-refractivity contribution in [1.82, 2.24) is 14.9 Å². The molecule has 3 nitrogen and oxygen atoms in total. The molecule has 1 aromatic heterocycles. The van der Waals surface area contributed by atoms with Crippen LogP contribution in [0.25, 0.3) is 11.0 Å². The van der Waals surface area contributed by atoms with Crippen LogP contribution in [0.15, 0.2) is 24.3 Å². The third kappa shape index (κ3) is 4.24. The van der Waals surface area contributed by atoms with Crippen molar-refractivity contribution >= 4 is 22.8 Å². The number of hydrogen-bond acceptors (Lipinski definition) is 3. The Morgan fingerprint density at radius 3 is 2.81 bits per heavy atom. The Balaban J connectivity index is 2.24. The van der Waals surface area contributed by atoms with Gasteiger partial charge in [0, 0.05) is 19.0 Å². The van der Waals surface area contributed by atoms with Crippen LogP contribution >= 0.6 is 11.8 Å². The van der Waals surface area contributed by atoms with Gasteiger partial charge >= 0.3 is 0 Å². The predicted octanol–water partition coefficient (Wildman–Crippen LogP) is 3.72. The fourth-order valence-electron chi connectivity index (χ4n) is 2.80. The highest BCUT2D eigenvalue weighted by atomic mass is 32.2. The molecule has 2 rings (SSSR count). The number of nitrogens with one attached hydrogen (secondary N) is 1. The van der Waals surface area contributed by atoms with E-state index in [1.807, 2.05) is 11.8 Å². The molecule has 0 aliphatic heterocycles. The van der Waals surface area contributed by atoms with Crippen LogP contribution in [0.1, 0.15) is 32.5 Å². The van der Waals surface area contributed by atoms with E-state index >= 15 is 0 Å². The van der Waals surface area contributed by atoms with Gasteiger partial charge in [0.2, 0.25) is 0 Å². The number of rotatable bonds is 9. The average molecular weight is 305 g/mol. The lowest BCUT2D eigenvalue weighted by atomic mass is 10.1. The highest BCUT2D eigenvalue weighted by Gasteiger charge is 2.15. The maximum atomic E-state index is 4.88. The number of hydrogen-bond donors (Lipinski definition) is 1. The summed E-state index contributed by atoms with van der Waals surface area (Å²) in [6, 6.07) is 9.01. The molecule has 0 fully saturated rings. The third-order valence-corrected chi connectivity index (χ3v) is 4.42. The summed E-state index contributed by atoms with van der Waals surface area (Å²) in [5.41, 5.74) is 2.40. The SMILES string of the molecule is CCCn1c(CC(CCSC)NCC)nc2ccccc21. The Hall–Kier alpha value is -1.00. The number of aromatic nitrogens is 2. The average Bonchev–Trinajstić information content (AvgIpc) is 2.83. The molecular weight excluding hydrogens is 278 g/mol. The van der Waals surface area contributed by atoms with Crippen LogP contribution in [-0.2, 0) is 13.0 Å². The number of thioether (sulfide) groups is 1. The van der Waals surface area contributed by atoms with Crippen molar-refractivity contribution in [2.24, 2.45) is 0 Å². The summed E-state index contributed by atoms with van der Waals surface area (Å²) < 4.78 is 2.40. The van der Waals surface area contributed by atoms with Crippen LogP contribution in [0.5, 0.6) is 0 Å². The molecule has 0 aliphatic carbocycles. The van der Waals surface area contributed by atoms with Gasteiger partial charge in [-0.25, -0.2) is 4.98 Å². The lowest BCUT2D eigenvalue weighted by Gasteiger charge is -2.18. The molecule has 1 heterocycles. The van der Waals surface area contributed by atoms with Crippen LogP contribution in [0.2, 0.25) is 0 Å². The van der Waals surface area contributed by atoms with Crippen LogP contribution in [0.4, 0.5) is 0 Å². The highest BCUT2D eigenvalue weighted by molar-refractivity contribution is 7.98. The van der Waals surface area contributed by atoms with Gasteiger partial charge in [-0.1, -0.05) is 26.0 Å². The van der Waals surface area contributed by atoms with Gasteiger partial charge in [0.1, 0.15) is 5.82 Å². The number of likely N-dealkylation sites (N-methyl/N-ethyl adjacent to an activating group) is 1. The molecule has 0 radical (unpaired) electrons. The second-order valence-electron chi connectivity index (χ2n) is 5.41. The van der Waals surface area contributed by atoms with Gasteiger partial charge in [0.05, 0.1) is 11.0 Å². The number of para-hydroxylation sites is 2. The predicted molar refractivity (Wildman–Crippen MR) is 94.2 cm³/mol. The van der Waals surface area contributed by atoms with Crippen molar-refractivity contribution in [3.63, 3.8) is 0 Å². The van der Waals surface area contributed by atoms with E-state index in [4.69, 9.17) is 4.98 Å². The zero-order chi connectivity index (χ0) is 15.1. The standard InChI is InChI=1S/C17H27N3S/c1-4-11-20-16-9-7-6-8-15(16)19-17(20)13-14(18-5-2)10-12-21-3/h6-9,14,18H,4-5,10-13H2,1-3H3. The van der Waals surface area contributed by atoms with E-state index in [-0.39, 0.29) is 0 Å². The quantitative estimate of drug-likeness (QED) is 0.766. The molecule has 1 atom stereocenters. The summed E-state index contributed by atoms with van der Waals surface area (Å²) >= 11 is 1.92. The first-order valence-electron chi connectivity index (χ1n) is 7.96. The van der Waals surface area contributed by atoms with E-state index < -0.39 is 0 Å².